The van der Waals surface area contributed by atoms with Crippen molar-refractivity contribution in [3.63, 3.8) is 0 Å². The second-order valence-corrected chi connectivity index (χ2v) is 7.52. The highest BCUT2D eigenvalue weighted by molar-refractivity contribution is 6.20. The number of rotatable bonds is 1. The fraction of sp³-hybridized carbons (Fsp3) is 0.867. The average molecular weight is 318 g/mol. The Morgan fingerprint density at radius 3 is 2.43 bits per heavy atom. The molecule has 1 aliphatic carbocycles. The molecule has 0 aromatic heterocycles. The van der Waals surface area contributed by atoms with Gasteiger partial charge >= 0.3 is 12.1 Å². The van der Waals surface area contributed by atoms with Crippen LogP contribution in [0.1, 0.15) is 46.5 Å². The highest BCUT2D eigenvalue weighted by atomic mass is 35.5. The van der Waals surface area contributed by atoms with E-state index in [1.165, 1.54) is 7.11 Å². The van der Waals surface area contributed by atoms with Crippen LogP contribution in [0.25, 0.3) is 0 Å². The number of hydrogen-bond donors (Lipinski definition) is 0. The van der Waals surface area contributed by atoms with Gasteiger partial charge in [-0.1, -0.05) is 0 Å². The minimum absolute atomic E-state index is 0.0276. The van der Waals surface area contributed by atoms with E-state index in [0.717, 1.165) is 12.8 Å². The maximum atomic E-state index is 12.5. The summed E-state index contributed by atoms with van der Waals surface area (Å²) in [5.41, 5.74) is -0.592. The Morgan fingerprint density at radius 1 is 1.19 bits per heavy atom. The van der Waals surface area contributed by atoms with Crippen molar-refractivity contribution in [1.29, 1.82) is 0 Å². The van der Waals surface area contributed by atoms with Crippen LogP contribution in [0.5, 0.6) is 0 Å². The summed E-state index contributed by atoms with van der Waals surface area (Å²) in [6.07, 6.45) is 2.76. The Kier molecular flexibility index (Phi) is 4.71. The van der Waals surface area contributed by atoms with Crippen LogP contribution in [0.15, 0.2) is 0 Å². The molecule has 6 heteroatoms. The van der Waals surface area contributed by atoms with Crippen LogP contribution < -0.4 is 0 Å². The van der Waals surface area contributed by atoms with Gasteiger partial charge in [0.15, 0.2) is 0 Å². The molecular weight excluding hydrogens is 294 g/mol. The predicted octanol–water partition coefficient (Wildman–Crippen LogP) is 2.94. The molecule has 21 heavy (non-hydrogen) atoms. The zero-order valence-corrected chi connectivity index (χ0v) is 13.9. The Hall–Kier alpha value is -0.970. The molecule has 1 heterocycles. The Morgan fingerprint density at radius 2 is 1.86 bits per heavy atom. The smallest absolute Gasteiger partial charge is 0.411 e. The molecule has 5 nitrogen and oxygen atoms in total. The number of esters is 1. The summed E-state index contributed by atoms with van der Waals surface area (Å²) in [5, 5.41) is 0.0487. The van der Waals surface area contributed by atoms with Gasteiger partial charge in [0.05, 0.1) is 7.11 Å². The van der Waals surface area contributed by atoms with Gasteiger partial charge < -0.3 is 9.47 Å². The molecule has 0 spiro atoms. The zero-order chi connectivity index (χ0) is 15.8. The number of likely N-dealkylation sites (tertiary alicyclic amines) is 1. The quantitative estimate of drug-likeness (QED) is 0.551. The van der Waals surface area contributed by atoms with Crippen LogP contribution in [0.2, 0.25) is 0 Å². The minimum Gasteiger partial charge on any atom is -0.467 e. The van der Waals surface area contributed by atoms with Gasteiger partial charge in [-0.15, -0.1) is 11.6 Å². The van der Waals surface area contributed by atoms with Gasteiger partial charge in [0.25, 0.3) is 0 Å². The van der Waals surface area contributed by atoms with Crippen LogP contribution in [0, 0.1) is 5.92 Å². The van der Waals surface area contributed by atoms with E-state index in [-0.39, 0.29) is 17.4 Å². The van der Waals surface area contributed by atoms with Gasteiger partial charge in [-0.2, -0.15) is 0 Å². The lowest BCUT2D eigenvalue weighted by Gasteiger charge is -2.35. The maximum absolute atomic E-state index is 12.5. The standard InChI is InChI=1S/C15H24ClNO4/c1-15(2,3)21-14(19)17-11-8-10(16)6-5-9(11)7-12(17)13(18)20-4/h9-12H,5-8H2,1-4H3/t9-,10-,11-,12-/m0/s1. The molecule has 1 saturated carbocycles. The third-order valence-corrected chi connectivity index (χ3v) is 4.59. The molecule has 0 aromatic carbocycles. The van der Waals surface area contributed by atoms with Gasteiger partial charge in [-0.3, -0.25) is 4.90 Å². The van der Waals surface area contributed by atoms with Crippen molar-refractivity contribution in [3.05, 3.63) is 0 Å². The number of hydrogen-bond acceptors (Lipinski definition) is 4. The van der Waals surface area contributed by atoms with E-state index in [0.29, 0.717) is 18.8 Å². The topological polar surface area (TPSA) is 55.8 Å². The van der Waals surface area contributed by atoms with Crippen molar-refractivity contribution in [1.82, 2.24) is 4.90 Å². The highest BCUT2D eigenvalue weighted by Crippen LogP contribution is 2.42. The molecule has 0 aromatic rings. The lowest BCUT2D eigenvalue weighted by molar-refractivity contribution is -0.146. The van der Waals surface area contributed by atoms with Gasteiger partial charge in [-0.25, -0.2) is 9.59 Å². The third kappa shape index (κ3) is 3.62. The van der Waals surface area contributed by atoms with Crippen LogP contribution in [-0.4, -0.2) is 47.1 Å². The summed E-state index contributed by atoms with van der Waals surface area (Å²) in [4.78, 5) is 26.1. The number of amides is 1. The summed E-state index contributed by atoms with van der Waals surface area (Å²) in [7, 11) is 1.35. The largest absolute Gasteiger partial charge is 0.467 e. The number of methoxy groups -OCH3 is 1. The lowest BCUT2D eigenvalue weighted by atomic mass is 9.84. The average Bonchev–Trinajstić information content (AvgIpc) is 2.74. The Balaban J connectivity index is 2.22. The molecule has 0 N–H and O–H groups in total. The number of nitrogens with zero attached hydrogens (tertiary/aromatic N) is 1. The molecule has 0 bridgehead atoms. The van der Waals surface area contributed by atoms with E-state index in [9.17, 15) is 9.59 Å². The van der Waals surface area contributed by atoms with Crippen LogP contribution in [0.3, 0.4) is 0 Å². The number of alkyl halides is 1. The van der Waals surface area contributed by atoms with Gasteiger partial charge in [-0.05, 0) is 52.4 Å². The molecule has 2 aliphatic rings. The maximum Gasteiger partial charge on any atom is 0.411 e. The molecule has 1 aliphatic heterocycles. The van der Waals surface area contributed by atoms with E-state index in [1.54, 1.807) is 4.90 Å². The van der Waals surface area contributed by atoms with Crippen LogP contribution in [0.4, 0.5) is 4.79 Å². The van der Waals surface area contributed by atoms with Crippen LogP contribution in [-0.2, 0) is 14.3 Å². The normalized spacial score (nSPS) is 32.5. The van der Waals surface area contributed by atoms with Crippen molar-refractivity contribution >= 4 is 23.7 Å². The minimum atomic E-state index is -0.592. The molecule has 0 unspecified atom stereocenters. The summed E-state index contributed by atoms with van der Waals surface area (Å²) in [5.74, 6) is -0.0713. The summed E-state index contributed by atoms with van der Waals surface area (Å²) >= 11 is 6.25. The number of halogens is 1. The van der Waals surface area contributed by atoms with Gasteiger partial charge in [0.2, 0.25) is 0 Å². The Labute approximate surface area is 130 Å². The first kappa shape index (κ1) is 16.4. The zero-order valence-electron chi connectivity index (χ0n) is 13.1. The molecule has 0 radical (unpaired) electrons. The molecule has 120 valence electrons. The first-order chi connectivity index (χ1) is 9.73. The molecule has 1 amide bonds. The summed E-state index contributed by atoms with van der Waals surface area (Å²) in [6, 6.07) is -0.581. The second-order valence-electron chi connectivity index (χ2n) is 6.90. The first-order valence-corrected chi connectivity index (χ1v) is 7.90. The van der Waals surface area contributed by atoms with E-state index in [4.69, 9.17) is 21.1 Å². The van der Waals surface area contributed by atoms with E-state index < -0.39 is 17.7 Å². The monoisotopic (exact) mass is 317 g/mol. The fourth-order valence-electron chi connectivity index (χ4n) is 3.33. The lowest BCUT2D eigenvalue weighted by Crippen LogP contribution is -2.49. The molecule has 4 atom stereocenters. The van der Waals surface area contributed by atoms with E-state index in [1.807, 2.05) is 20.8 Å². The van der Waals surface area contributed by atoms with E-state index >= 15 is 0 Å². The number of carbonyl (C=O) groups is 2. The number of ether oxygens (including phenoxy) is 2. The molecule has 1 saturated heterocycles. The summed E-state index contributed by atoms with van der Waals surface area (Å²) in [6.45, 7) is 5.45. The van der Waals surface area contributed by atoms with E-state index in [2.05, 4.69) is 0 Å². The SMILES string of the molecule is COC(=O)[C@@H]1C[C@@H]2CC[C@H](Cl)C[C@@H]2N1C(=O)OC(C)(C)C. The van der Waals surface area contributed by atoms with Crippen molar-refractivity contribution < 1.29 is 19.1 Å². The van der Waals surface area contributed by atoms with Crippen molar-refractivity contribution in [2.24, 2.45) is 5.92 Å². The third-order valence-electron chi connectivity index (χ3n) is 4.19. The number of carbonyl (C=O) groups excluding carboxylic acids is 2. The fourth-order valence-corrected chi connectivity index (χ4v) is 3.64. The van der Waals surface area contributed by atoms with Crippen molar-refractivity contribution in [3.8, 4) is 0 Å². The van der Waals surface area contributed by atoms with Gasteiger partial charge in [0.1, 0.15) is 11.6 Å². The van der Waals surface area contributed by atoms with Crippen molar-refractivity contribution in [2.45, 2.75) is 69.5 Å². The number of fused-ring (bicyclic) bond motifs is 1. The molecule has 2 fully saturated rings. The summed E-state index contributed by atoms with van der Waals surface area (Å²) < 4.78 is 10.3. The van der Waals surface area contributed by atoms with Crippen molar-refractivity contribution in [2.75, 3.05) is 7.11 Å². The van der Waals surface area contributed by atoms with Crippen LogP contribution >= 0.6 is 11.6 Å². The molecule has 2 rings (SSSR count). The second kappa shape index (κ2) is 6.03. The Bertz CT molecular complexity index is 420. The first-order valence-electron chi connectivity index (χ1n) is 7.46. The highest BCUT2D eigenvalue weighted by Gasteiger charge is 2.50. The predicted molar refractivity (Wildman–Crippen MR) is 79.3 cm³/mol. The molecular formula is C15H24ClNO4. The van der Waals surface area contributed by atoms with Gasteiger partial charge in [0, 0.05) is 11.4 Å².